The van der Waals surface area contributed by atoms with Crippen LogP contribution in [0.5, 0.6) is 5.75 Å². The third-order valence-corrected chi connectivity index (χ3v) is 9.68. The van der Waals surface area contributed by atoms with Crippen LogP contribution in [0.1, 0.15) is 16.4 Å². The summed E-state index contributed by atoms with van der Waals surface area (Å²) in [4.78, 5) is 61.4. The van der Waals surface area contributed by atoms with Crippen LogP contribution in [0.25, 0.3) is 0 Å². The predicted molar refractivity (Wildman–Crippen MR) is 141 cm³/mol. The molecule has 12 heteroatoms. The molecule has 10 nitrogen and oxygen atoms in total. The molecule has 2 aromatic heterocycles. The Morgan fingerprint density at radius 3 is 2.55 bits per heavy atom. The van der Waals surface area contributed by atoms with Gasteiger partial charge in [-0.3, -0.25) is 28.7 Å². The average Bonchev–Trinajstić information content (AvgIpc) is 3.40. The lowest BCUT2D eigenvalue weighted by molar-refractivity contribution is -0.136. The number of rotatable bonds is 5. The van der Waals surface area contributed by atoms with E-state index in [0.29, 0.717) is 47.6 Å². The first kappa shape index (κ1) is 24.8. The van der Waals surface area contributed by atoms with Gasteiger partial charge in [-0.05, 0) is 35.9 Å². The number of methoxy groups -OCH3 is 1. The van der Waals surface area contributed by atoms with E-state index in [4.69, 9.17) is 9.47 Å². The quantitative estimate of drug-likeness (QED) is 0.442. The minimum Gasteiger partial charge on any atom is -0.497 e. The number of nitrogens with zero attached hydrogens (tertiary/aromatic N) is 4. The van der Waals surface area contributed by atoms with Gasteiger partial charge in [-0.25, -0.2) is 4.90 Å². The molecule has 3 atom stereocenters. The third-order valence-electron chi connectivity index (χ3n) is 7.08. The van der Waals surface area contributed by atoms with Crippen molar-refractivity contribution in [3.05, 3.63) is 68.9 Å². The number of ether oxygens (including phenoxy) is 2. The van der Waals surface area contributed by atoms with Gasteiger partial charge in [0.05, 0.1) is 37.0 Å². The summed E-state index contributed by atoms with van der Waals surface area (Å²) in [5.74, 6) is -1.49. The lowest BCUT2D eigenvalue weighted by Gasteiger charge is -2.31. The molecule has 2 saturated heterocycles. The number of carbonyl (C=O) groups is 3. The van der Waals surface area contributed by atoms with Crippen LogP contribution < -0.4 is 14.5 Å². The first-order chi connectivity index (χ1) is 18.5. The van der Waals surface area contributed by atoms with Crippen LogP contribution in [0.3, 0.4) is 0 Å². The van der Waals surface area contributed by atoms with Crippen molar-refractivity contribution in [1.29, 1.82) is 0 Å². The van der Waals surface area contributed by atoms with E-state index in [-0.39, 0.29) is 29.1 Å². The molecule has 38 heavy (non-hydrogen) atoms. The third kappa shape index (κ3) is 4.12. The minimum atomic E-state index is -0.749. The fourth-order valence-corrected chi connectivity index (χ4v) is 7.98. The van der Waals surface area contributed by atoms with Crippen molar-refractivity contribution >= 4 is 46.5 Å². The number of morpholine rings is 1. The molecular weight excluding hydrogens is 528 g/mol. The molecule has 0 spiro atoms. The maximum Gasteiger partial charge on any atom is 0.308 e. The Morgan fingerprint density at radius 2 is 1.87 bits per heavy atom. The molecule has 0 saturated carbocycles. The fourth-order valence-electron chi connectivity index (χ4n) is 5.21. The summed E-state index contributed by atoms with van der Waals surface area (Å²) in [7, 11) is 1.55. The molecule has 3 amide bonds. The fraction of sp³-hybridized carbons (Fsp3) is 0.346. The van der Waals surface area contributed by atoms with Crippen LogP contribution >= 0.6 is 23.1 Å². The van der Waals surface area contributed by atoms with Gasteiger partial charge in [-0.2, -0.15) is 0 Å². The van der Waals surface area contributed by atoms with Crippen LogP contribution in [0.4, 0.5) is 5.69 Å². The Labute approximate surface area is 226 Å². The number of carbonyl (C=O) groups excluding carboxylic acids is 3. The molecule has 0 bridgehead atoms. The summed E-state index contributed by atoms with van der Waals surface area (Å²) in [5, 5.41) is -0.185. The van der Waals surface area contributed by atoms with Gasteiger partial charge in [0.25, 0.3) is 0 Å². The zero-order valence-electron chi connectivity index (χ0n) is 20.4. The Kier molecular flexibility index (Phi) is 6.54. The van der Waals surface area contributed by atoms with Crippen molar-refractivity contribution in [2.24, 2.45) is 5.92 Å². The van der Waals surface area contributed by atoms with Crippen LogP contribution in [0.2, 0.25) is 0 Å². The SMILES string of the molecule is COc1ccc(N2C(=O)C3Sc4c(sc(=O)n4CC(=O)N4CCOCC4)C(c4cccnc4)C3C2=O)cc1. The Bertz CT molecular complexity index is 1450. The van der Waals surface area contributed by atoms with Crippen molar-refractivity contribution < 1.29 is 23.9 Å². The molecule has 0 radical (unpaired) electrons. The van der Waals surface area contributed by atoms with Crippen molar-refractivity contribution in [3.8, 4) is 5.75 Å². The highest BCUT2D eigenvalue weighted by molar-refractivity contribution is 8.00. The van der Waals surface area contributed by atoms with Gasteiger partial charge in [0.1, 0.15) is 17.5 Å². The van der Waals surface area contributed by atoms with Crippen LogP contribution in [-0.4, -0.2) is 70.8 Å². The van der Waals surface area contributed by atoms with Gasteiger partial charge in [-0.1, -0.05) is 29.2 Å². The van der Waals surface area contributed by atoms with Crippen molar-refractivity contribution in [2.45, 2.75) is 22.7 Å². The van der Waals surface area contributed by atoms with E-state index < -0.39 is 17.1 Å². The van der Waals surface area contributed by atoms with E-state index in [0.717, 1.165) is 16.9 Å². The highest BCUT2D eigenvalue weighted by Crippen LogP contribution is 2.53. The molecule has 0 aliphatic carbocycles. The minimum absolute atomic E-state index is 0.126. The maximum atomic E-state index is 13.9. The first-order valence-electron chi connectivity index (χ1n) is 12.2. The van der Waals surface area contributed by atoms with E-state index in [1.807, 2.05) is 6.07 Å². The van der Waals surface area contributed by atoms with Gasteiger partial charge >= 0.3 is 4.87 Å². The zero-order chi connectivity index (χ0) is 26.4. The van der Waals surface area contributed by atoms with E-state index in [9.17, 15) is 19.2 Å². The number of aromatic nitrogens is 2. The predicted octanol–water partition coefficient (Wildman–Crippen LogP) is 1.97. The van der Waals surface area contributed by atoms with Crippen molar-refractivity contribution in [1.82, 2.24) is 14.5 Å². The smallest absolute Gasteiger partial charge is 0.308 e. The van der Waals surface area contributed by atoms with E-state index in [1.54, 1.807) is 54.7 Å². The summed E-state index contributed by atoms with van der Waals surface area (Å²) in [6, 6.07) is 10.4. The highest BCUT2D eigenvalue weighted by Gasteiger charge is 2.57. The zero-order valence-corrected chi connectivity index (χ0v) is 22.1. The molecular formula is C26H24N4O6S2. The summed E-state index contributed by atoms with van der Waals surface area (Å²) in [5.41, 5.74) is 1.21. The topological polar surface area (TPSA) is 111 Å². The number of amides is 3. The number of fused-ring (bicyclic) bond motifs is 2. The molecule has 5 heterocycles. The molecule has 0 N–H and O–H groups in total. The summed E-state index contributed by atoms with van der Waals surface area (Å²) in [6.07, 6.45) is 3.31. The molecule has 6 rings (SSSR count). The normalized spacial score (nSPS) is 22.8. The molecule has 3 aliphatic heterocycles. The largest absolute Gasteiger partial charge is 0.497 e. The molecule has 3 unspecified atom stereocenters. The second-order valence-electron chi connectivity index (χ2n) is 9.15. The monoisotopic (exact) mass is 552 g/mol. The number of imide groups is 1. The number of hydrogen-bond acceptors (Lipinski definition) is 9. The Hall–Kier alpha value is -3.48. The van der Waals surface area contributed by atoms with E-state index >= 15 is 0 Å². The standard InChI is InChI=1S/C26H24N4O6S2/c1-35-17-6-4-16(5-7-17)30-23(32)20-19(15-3-2-8-27-13-15)22-25(37-21(20)24(30)33)29(26(34)38-22)14-18(31)28-9-11-36-12-10-28/h2-8,13,19-21H,9-12,14H2,1H3. The van der Waals surface area contributed by atoms with Crippen molar-refractivity contribution in [2.75, 3.05) is 38.3 Å². The number of anilines is 1. The second kappa shape index (κ2) is 10.0. The first-order valence-corrected chi connectivity index (χ1v) is 13.8. The van der Waals surface area contributed by atoms with Crippen LogP contribution in [-0.2, 0) is 25.7 Å². The summed E-state index contributed by atoms with van der Waals surface area (Å²) in [6.45, 7) is 1.74. The van der Waals surface area contributed by atoms with E-state index in [2.05, 4.69) is 4.98 Å². The maximum absolute atomic E-state index is 13.9. The van der Waals surface area contributed by atoms with Gasteiger partial charge in [0.2, 0.25) is 17.7 Å². The number of benzene rings is 1. The Morgan fingerprint density at radius 1 is 1.11 bits per heavy atom. The lowest BCUT2D eigenvalue weighted by Crippen LogP contribution is -2.43. The van der Waals surface area contributed by atoms with E-state index in [1.165, 1.54) is 21.2 Å². The number of thioether (sulfide) groups is 1. The van der Waals surface area contributed by atoms with Crippen LogP contribution in [0.15, 0.2) is 58.6 Å². The van der Waals surface area contributed by atoms with Crippen molar-refractivity contribution in [3.63, 3.8) is 0 Å². The van der Waals surface area contributed by atoms with Gasteiger partial charge in [0.15, 0.2) is 0 Å². The number of thiazole rings is 1. The summed E-state index contributed by atoms with van der Waals surface area (Å²) >= 11 is 2.23. The highest BCUT2D eigenvalue weighted by atomic mass is 32.2. The Balaban J connectivity index is 1.41. The molecule has 3 aliphatic rings. The molecule has 3 aromatic rings. The summed E-state index contributed by atoms with van der Waals surface area (Å²) < 4.78 is 12.0. The lowest BCUT2D eigenvalue weighted by atomic mass is 9.84. The molecule has 1 aromatic carbocycles. The average molecular weight is 553 g/mol. The van der Waals surface area contributed by atoms with Crippen LogP contribution in [0, 0.1) is 5.92 Å². The molecule has 2 fully saturated rings. The second-order valence-corrected chi connectivity index (χ2v) is 11.3. The molecule has 196 valence electrons. The van der Waals surface area contributed by atoms with Gasteiger partial charge in [-0.15, -0.1) is 0 Å². The number of pyridine rings is 1. The van der Waals surface area contributed by atoms with Gasteiger partial charge in [0, 0.05) is 36.3 Å². The number of hydrogen-bond donors (Lipinski definition) is 0. The van der Waals surface area contributed by atoms with Gasteiger partial charge < -0.3 is 14.4 Å².